The Labute approximate surface area is 124 Å². The Morgan fingerprint density at radius 1 is 1.29 bits per heavy atom. The highest BCUT2D eigenvalue weighted by Crippen LogP contribution is 2.25. The van der Waals surface area contributed by atoms with Crippen LogP contribution in [0.15, 0.2) is 24.3 Å². The molecule has 8 heteroatoms. The van der Waals surface area contributed by atoms with Crippen molar-refractivity contribution in [3.8, 4) is 11.3 Å². The molecule has 0 atom stereocenters. The zero-order valence-electron chi connectivity index (χ0n) is 10.9. The summed E-state index contributed by atoms with van der Waals surface area (Å²) < 4.78 is 1.39. The van der Waals surface area contributed by atoms with Gasteiger partial charge in [0.2, 0.25) is 0 Å². The molecular formula is C13H12ClN3O4. The second-order valence-electron chi connectivity index (χ2n) is 4.32. The van der Waals surface area contributed by atoms with Crippen molar-refractivity contribution < 1.29 is 19.8 Å². The van der Waals surface area contributed by atoms with Crippen LogP contribution in [0.2, 0.25) is 5.02 Å². The molecule has 0 radical (unpaired) electrons. The lowest BCUT2D eigenvalue weighted by Gasteiger charge is -2.07. The van der Waals surface area contributed by atoms with E-state index in [0.717, 1.165) is 0 Å². The van der Waals surface area contributed by atoms with Gasteiger partial charge < -0.3 is 10.2 Å². The molecule has 110 valence electrons. The van der Waals surface area contributed by atoms with Gasteiger partial charge in [0.1, 0.15) is 5.69 Å². The number of aryl methyl sites for hydroxylation is 1. The lowest BCUT2D eigenvalue weighted by Crippen LogP contribution is -2.07. The fourth-order valence-electron chi connectivity index (χ4n) is 1.92. The SMILES string of the molecule is O=C(O)CCCn1nnc(C(=O)O)c1-c1cccc(Cl)c1. The van der Waals surface area contributed by atoms with Gasteiger partial charge in [-0.2, -0.15) is 0 Å². The average Bonchev–Trinajstić information content (AvgIpc) is 2.82. The minimum absolute atomic E-state index is 0.0305. The van der Waals surface area contributed by atoms with Crippen molar-refractivity contribution in [3.63, 3.8) is 0 Å². The highest BCUT2D eigenvalue weighted by Gasteiger charge is 2.20. The molecule has 0 amide bonds. The van der Waals surface area contributed by atoms with Crippen LogP contribution in [0, 0.1) is 0 Å². The van der Waals surface area contributed by atoms with Crippen LogP contribution in [-0.4, -0.2) is 37.1 Å². The van der Waals surface area contributed by atoms with Gasteiger partial charge in [-0.1, -0.05) is 28.9 Å². The standard InChI is InChI=1S/C13H12ClN3O4/c14-9-4-1-3-8(7-9)12-11(13(20)21)15-16-17(12)6-2-5-10(18)19/h1,3-4,7H,2,5-6H2,(H,18,19)(H,20,21). The fraction of sp³-hybridized carbons (Fsp3) is 0.231. The number of nitrogens with zero attached hydrogens (tertiary/aromatic N) is 3. The Bertz CT molecular complexity index is 684. The number of carbonyl (C=O) groups is 2. The first-order valence-electron chi connectivity index (χ1n) is 6.13. The molecule has 7 nitrogen and oxygen atoms in total. The highest BCUT2D eigenvalue weighted by atomic mass is 35.5. The van der Waals surface area contributed by atoms with Crippen LogP contribution in [0.4, 0.5) is 0 Å². The van der Waals surface area contributed by atoms with Crippen LogP contribution < -0.4 is 0 Å². The molecule has 0 bridgehead atoms. The predicted octanol–water partition coefficient (Wildman–Crippen LogP) is 2.16. The molecule has 0 aliphatic heterocycles. The summed E-state index contributed by atoms with van der Waals surface area (Å²) in [4.78, 5) is 21.8. The summed E-state index contributed by atoms with van der Waals surface area (Å²) >= 11 is 5.92. The average molecular weight is 310 g/mol. The fourth-order valence-corrected chi connectivity index (χ4v) is 2.11. The number of aromatic nitrogens is 3. The molecule has 0 saturated heterocycles. The maximum absolute atomic E-state index is 11.2. The van der Waals surface area contributed by atoms with Crippen LogP contribution in [-0.2, 0) is 11.3 Å². The predicted molar refractivity (Wildman–Crippen MR) is 74.3 cm³/mol. The van der Waals surface area contributed by atoms with E-state index in [4.69, 9.17) is 16.7 Å². The number of rotatable bonds is 6. The van der Waals surface area contributed by atoms with Gasteiger partial charge in [0, 0.05) is 23.6 Å². The Hall–Kier alpha value is -2.41. The number of carboxylic acid groups (broad SMARTS) is 2. The maximum atomic E-state index is 11.2. The molecule has 1 aromatic carbocycles. The minimum atomic E-state index is -1.20. The molecule has 0 fully saturated rings. The van der Waals surface area contributed by atoms with Gasteiger partial charge in [0.05, 0.1) is 0 Å². The molecule has 1 heterocycles. The van der Waals surface area contributed by atoms with Crippen molar-refractivity contribution in [1.82, 2.24) is 15.0 Å². The van der Waals surface area contributed by atoms with Crippen molar-refractivity contribution in [2.45, 2.75) is 19.4 Å². The van der Waals surface area contributed by atoms with E-state index in [-0.39, 0.29) is 18.7 Å². The van der Waals surface area contributed by atoms with Gasteiger partial charge in [-0.25, -0.2) is 9.48 Å². The van der Waals surface area contributed by atoms with E-state index < -0.39 is 11.9 Å². The van der Waals surface area contributed by atoms with E-state index in [1.54, 1.807) is 24.3 Å². The third-order valence-electron chi connectivity index (χ3n) is 2.80. The molecule has 21 heavy (non-hydrogen) atoms. The first-order chi connectivity index (χ1) is 9.99. The van der Waals surface area contributed by atoms with Gasteiger partial charge in [-0.3, -0.25) is 4.79 Å². The van der Waals surface area contributed by atoms with Crippen molar-refractivity contribution in [2.24, 2.45) is 0 Å². The molecule has 2 aromatic rings. The van der Waals surface area contributed by atoms with Crippen molar-refractivity contribution in [1.29, 1.82) is 0 Å². The number of halogens is 1. The molecule has 0 saturated carbocycles. The molecule has 2 N–H and O–H groups in total. The van der Waals surface area contributed by atoms with E-state index in [1.807, 2.05) is 0 Å². The smallest absolute Gasteiger partial charge is 0.358 e. The summed E-state index contributed by atoms with van der Waals surface area (Å²) in [6, 6.07) is 6.67. The van der Waals surface area contributed by atoms with Gasteiger partial charge >= 0.3 is 11.9 Å². The Morgan fingerprint density at radius 2 is 2.05 bits per heavy atom. The maximum Gasteiger partial charge on any atom is 0.358 e. The largest absolute Gasteiger partial charge is 0.481 e. The second-order valence-corrected chi connectivity index (χ2v) is 4.76. The Kier molecular flexibility index (Phi) is 4.54. The van der Waals surface area contributed by atoms with Gasteiger partial charge in [0.15, 0.2) is 5.69 Å². The van der Waals surface area contributed by atoms with Crippen LogP contribution in [0.25, 0.3) is 11.3 Å². The molecular weight excluding hydrogens is 298 g/mol. The molecule has 1 aromatic heterocycles. The Morgan fingerprint density at radius 3 is 2.67 bits per heavy atom. The Balaban J connectivity index is 2.38. The van der Waals surface area contributed by atoms with E-state index in [1.165, 1.54) is 4.68 Å². The normalized spacial score (nSPS) is 10.5. The summed E-state index contributed by atoms with van der Waals surface area (Å²) in [7, 11) is 0. The lowest BCUT2D eigenvalue weighted by atomic mass is 10.1. The van der Waals surface area contributed by atoms with Crippen LogP contribution in [0.1, 0.15) is 23.3 Å². The first kappa shape index (κ1) is 15.0. The van der Waals surface area contributed by atoms with Crippen molar-refractivity contribution >= 4 is 23.5 Å². The van der Waals surface area contributed by atoms with E-state index in [0.29, 0.717) is 22.7 Å². The summed E-state index contributed by atoms with van der Waals surface area (Å²) in [5.74, 6) is -2.12. The van der Waals surface area contributed by atoms with E-state index in [2.05, 4.69) is 10.3 Å². The third kappa shape index (κ3) is 3.57. The zero-order valence-corrected chi connectivity index (χ0v) is 11.6. The van der Waals surface area contributed by atoms with Crippen molar-refractivity contribution in [2.75, 3.05) is 0 Å². The number of aliphatic carboxylic acids is 1. The minimum Gasteiger partial charge on any atom is -0.481 e. The van der Waals surface area contributed by atoms with E-state index >= 15 is 0 Å². The van der Waals surface area contributed by atoms with Gasteiger partial charge in [0.25, 0.3) is 0 Å². The quantitative estimate of drug-likeness (QED) is 0.847. The number of benzene rings is 1. The van der Waals surface area contributed by atoms with Crippen LogP contribution in [0.5, 0.6) is 0 Å². The first-order valence-corrected chi connectivity index (χ1v) is 6.51. The number of hydrogen-bond acceptors (Lipinski definition) is 4. The molecule has 2 rings (SSSR count). The summed E-state index contributed by atoms with van der Waals surface area (Å²) in [5.41, 5.74) is 0.697. The van der Waals surface area contributed by atoms with Crippen LogP contribution >= 0.6 is 11.6 Å². The number of aromatic carboxylic acids is 1. The number of hydrogen-bond donors (Lipinski definition) is 2. The van der Waals surface area contributed by atoms with Gasteiger partial charge in [-0.15, -0.1) is 5.10 Å². The molecule has 0 aliphatic carbocycles. The third-order valence-corrected chi connectivity index (χ3v) is 3.03. The highest BCUT2D eigenvalue weighted by molar-refractivity contribution is 6.30. The topological polar surface area (TPSA) is 105 Å². The summed E-state index contributed by atoms with van der Waals surface area (Å²) in [6.07, 6.45) is 0.294. The van der Waals surface area contributed by atoms with Gasteiger partial charge in [-0.05, 0) is 18.6 Å². The van der Waals surface area contributed by atoms with E-state index in [9.17, 15) is 14.7 Å². The summed E-state index contributed by atoms with van der Waals surface area (Å²) in [6.45, 7) is 0.258. The molecule has 0 aliphatic rings. The van der Waals surface area contributed by atoms with Crippen LogP contribution in [0.3, 0.4) is 0 Å². The number of carboxylic acids is 2. The summed E-state index contributed by atoms with van der Waals surface area (Å²) in [5, 5.41) is 25.7. The second kappa shape index (κ2) is 6.36. The zero-order chi connectivity index (χ0) is 15.4. The molecule has 0 spiro atoms. The lowest BCUT2D eigenvalue weighted by molar-refractivity contribution is -0.137. The monoisotopic (exact) mass is 309 g/mol. The molecule has 0 unspecified atom stereocenters. The van der Waals surface area contributed by atoms with Crippen molar-refractivity contribution in [3.05, 3.63) is 35.0 Å².